The Morgan fingerprint density at radius 2 is 2.09 bits per heavy atom. The number of hydrogen-bond donors (Lipinski definition) is 2. The lowest BCUT2D eigenvalue weighted by Crippen LogP contribution is -2.29. The Balaban J connectivity index is 1.61. The first-order valence-corrected chi connectivity index (χ1v) is 9.36. The maximum Gasteiger partial charge on any atom is 0.0975 e. The van der Waals surface area contributed by atoms with Gasteiger partial charge in [0.2, 0.25) is 0 Å². The predicted molar refractivity (Wildman–Crippen MR) is 95.9 cm³/mol. The lowest BCUT2D eigenvalue weighted by Gasteiger charge is -2.19. The predicted octanol–water partition coefficient (Wildman–Crippen LogP) is 3.85. The molecule has 2 N–H and O–H groups in total. The van der Waals surface area contributed by atoms with Gasteiger partial charge in [0.15, 0.2) is 0 Å². The van der Waals surface area contributed by atoms with Crippen molar-refractivity contribution in [3.63, 3.8) is 0 Å². The summed E-state index contributed by atoms with van der Waals surface area (Å²) in [5, 5.41) is 14.7. The molecule has 1 fully saturated rings. The highest BCUT2D eigenvalue weighted by Crippen LogP contribution is 2.29. The van der Waals surface area contributed by atoms with Crippen LogP contribution in [0.4, 0.5) is 0 Å². The van der Waals surface area contributed by atoms with E-state index in [1.165, 1.54) is 15.4 Å². The Kier molecular flexibility index (Phi) is 5.46. The van der Waals surface area contributed by atoms with E-state index < -0.39 is 0 Å². The van der Waals surface area contributed by atoms with Crippen molar-refractivity contribution in [2.24, 2.45) is 5.92 Å². The number of nitrogens with one attached hydrogen (secondary N) is 1. The molecular formula is C19H26N2OS. The van der Waals surface area contributed by atoms with Crippen molar-refractivity contribution in [1.82, 2.24) is 10.3 Å². The van der Waals surface area contributed by atoms with Gasteiger partial charge in [-0.2, -0.15) is 0 Å². The Bertz CT molecular complexity index is 626. The molecule has 1 aliphatic rings. The van der Waals surface area contributed by atoms with Gasteiger partial charge in [0, 0.05) is 23.9 Å². The van der Waals surface area contributed by atoms with E-state index in [4.69, 9.17) is 4.98 Å². The third-order valence-corrected chi connectivity index (χ3v) is 6.11. The Morgan fingerprint density at radius 1 is 1.30 bits per heavy atom. The molecule has 23 heavy (non-hydrogen) atoms. The fourth-order valence-electron chi connectivity index (χ4n) is 3.39. The third-order valence-electron chi connectivity index (χ3n) is 4.77. The molecule has 0 aliphatic heterocycles. The van der Waals surface area contributed by atoms with Gasteiger partial charge in [-0.05, 0) is 38.2 Å². The summed E-state index contributed by atoms with van der Waals surface area (Å²) in [7, 11) is 0. The fourth-order valence-corrected chi connectivity index (χ4v) is 4.52. The molecule has 1 heterocycles. The van der Waals surface area contributed by atoms with Crippen molar-refractivity contribution < 1.29 is 5.11 Å². The monoisotopic (exact) mass is 330 g/mol. The van der Waals surface area contributed by atoms with Crippen LogP contribution >= 0.6 is 11.3 Å². The number of benzene rings is 1. The van der Waals surface area contributed by atoms with Gasteiger partial charge in [0.05, 0.1) is 16.8 Å². The molecule has 3 rings (SSSR count). The molecular weight excluding hydrogens is 304 g/mol. The van der Waals surface area contributed by atoms with Crippen LogP contribution in [0.5, 0.6) is 0 Å². The van der Waals surface area contributed by atoms with Crippen LogP contribution in [0.3, 0.4) is 0 Å². The van der Waals surface area contributed by atoms with Gasteiger partial charge >= 0.3 is 0 Å². The zero-order chi connectivity index (χ0) is 16.2. The second-order valence-electron chi connectivity index (χ2n) is 6.61. The molecule has 4 heteroatoms. The lowest BCUT2D eigenvalue weighted by molar-refractivity contribution is 0.130. The van der Waals surface area contributed by atoms with Gasteiger partial charge in [0.25, 0.3) is 0 Å². The summed E-state index contributed by atoms with van der Waals surface area (Å²) in [6, 6.07) is 10.8. The van der Waals surface area contributed by atoms with E-state index in [1.54, 1.807) is 0 Å². The number of aromatic nitrogens is 1. The van der Waals surface area contributed by atoms with Crippen molar-refractivity contribution in [3.05, 3.63) is 51.5 Å². The van der Waals surface area contributed by atoms with E-state index in [2.05, 4.69) is 43.4 Å². The minimum Gasteiger partial charge on any atom is -0.393 e. The topological polar surface area (TPSA) is 45.2 Å². The van der Waals surface area contributed by atoms with Gasteiger partial charge in [-0.3, -0.25) is 0 Å². The van der Waals surface area contributed by atoms with Crippen molar-refractivity contribution in [2.75, 3.05) is 6.54 Å². The number of aliphatic hydroxyl groups excluding tert-OH is 1. The molecule has 0 spiro atoms. The first-order chi connectivity index (χ1) is 11.1. The SMILES string of the molecule is Cc1nc(Cc2ccccc2)sc1C(C)NCC1CCCC1O. The lowest BCUT2D eigenvalue weighted by atomic mass is 10.1. The summed E-state index contributed by atoms with van der Waals surface area (Å²) in [5.41, 5.74) is 2.44. The maximum absolute atomic E-state index is 9.95. The first kappa shape index (κ1) is 16.6. The molecule has 3 unspecified atom stereocenters. The maximum atomic E-state index is 9.95. The Hall–Kier alpha value is -1.23. The Morgan fingerprint density at radius 3 is 2.78 bits per heavy atom. The number of nitrogens with zero attached hydrogens (tertiary/aromatic N) is 1. The summed E-state index contributed by atoms with van der Waals surface area (Å²) in [6.45, 7) is 5.20. The molecule has 0 radical (unpaired) electrons. The van der Waals surface area contributed by atoms with Crippen LogP contribution in [0.15, 0.2) is 30.3 Å². The van der Waals surface area contributed by atoms with E-state index in [9.17, 15) is 5.11 Å². The summed E-state index contributed by atoms with van der Waals surface area (Å²) in [4.78, 5) is 6.07. The molecule has 0 bridgehead atoms. The van der Waals surface area contributed by atoms with Gasteiger partial charge in [0.1, 0.15) is 0 Å². The third kappa shape index (κ3) is 4.19. The van der Waals surface area contributed by atoms with Crippen LogP contribution in [0.1, 0.15) is 53.4 Å². The van der Waals surface area contributed by atoms with Gasteiger partial charge in [-0.25, -0.2) is 4.98 Å². The van der Waals surface area contributed by atoms with Crippen LogP contribution < -0.4 is 5.32 Å². The quantitative estimate of drug-likeness (QED) is 0.845. The molecule has 1 aromatic heterocycles. The molecule has 3 atom stereocenters. The van der Waals surface area contributed by atoms with E-state index in [1.807, 2.05) is 17.4 Å². The van der Waals surface area contributed by atoms with Crippen molar-refractivity contribution in [2.45, 2.75) is 51.7 Å². The minimum atomic E-state index is -0.120. The van der Waals surface area contributed by atoms with Gasteiger partial charge in [-0.1, -0.05) is 36.8 Å². The zero-order valence-corrected chi connectivity index (χ0v) is 14.8. The number of rotatable bonds is 6. The van der Waals surface area contributed by atoms with E-state index in [-0.39, 0.29) is 6.10 Å². The van der Waals surface area contributed by atoms with Crippen LogP contribution in [0, 0.1) is 12.8 Å². The van der Waals surface area contributed by atoms with Crippen molar-refractivity contribution >= 4 is 11.3 Å². The fraction of sp³-hybridized carbons (Fsp3) is 0.526. The zero-order valence-electron chi connectivity index (χ0n) is 14.0. The molecule has 0 saturated heterocycles. The van der Waals surface area contributed by atoms with E-state index in [0.29, 0.717) is 12.0 Å². The highest BCUT2D eigenvalue weighted by Gasteiger charge is 2.25. The average Bonchev–Trinajstić information content (AvgIpc) is 3.12. The van der Waals surface area contributed by atoms with Crippen molar-refractivity contribution in [3.8, 4) is 0 Å². The molecule has 2 aromatic rings. The second-order valence-corrected chi connectivity index (χ2v) is 7.72. The number of aryl methyl sites for hydroxylation is 1. The molecule has 1 aromatic carbocycles. The molecule has 3 nitrogen and oxygen atoms in total. The number of hydrogen-bond acceptors (Lipinski definition) is 4. The first-order valence-electron chi connectivity index (χ1n) is 8.55. The highest BCUT2D eigenvalue weighted by atomic mass is 32.1. The largest absolute Gasteiger partial charge is 0.393 e. The van der Waals surface area contributed by atoms with E-state index >= 15 is 0 Å². The van der Waals surface area contributed by atoms with Crippen LogP contribution in [-0.4, -0.2) is 22.7 Å². The molecule has 0 amide bonds. The molecule has 1 saturated carbocycles. The van der Waals surface area contributed by atoms with Crippen LogP contribution in [0.25, 0.3) is 0 Å². The summed E-state index contributed by atoms with van der Waals surface area (Å²) in [6.07, 6.45) is 4.04. The van der Waals surface area contributed by atoms with Crippen molar-refractivity contribution in [1.29, 1.82) is 0 Å². The smallest absolute Gasteiger partial charge is 0.0975 e. The number of thiazole rings is 1. The van der Waals surface area contributed by atoms with Crippen LogP contribution in [0.2, 0.25) is 0 Å². The molecule has 1 aliphatic carbocycles. The summed E-state index contributed by atoms with van der Waals surface area (Å²) < 4.78 is 0. The van der Waals surface area contributed by atoms with Gasteiger partial charge < -0.3 is 10.4 Å². The minimum absolute atomic E-state index is 0.120. The Labute approximate surface area is 142 Å². The summed E-state index contributed by atoms with van der Waals surface area (Å²) in [5.74, 6) is 0.412. The average molecular weight is 330 g/mol. The summed E-state index contributed by atoms with van der Waals surface area (Å²) >= 11 is 1.81. The van der Waals surface area contributed by atoms with Crippen LogP contribution in [-0.2, 0) is 6.42 Å². The standard InChI is InChI=1S/C19H26N2OS/c1-13(20-12-16-9-6-10-17(16)22)19-14(2)21-18(23-19)11-15-7-4-3-5-8-15/h3-5,7-8,13,16-17,20,22H,6,9-12H2,1-2H3. The van der Waals surface area contributed by atoms with Gasteiger partial charge in [-0.15, -0.1) is 11.3 Å². The second kappa shape index (κ2) is 7.56. The highest BCUT2D eigenvalue weighted by molar-refractivity contribution is 7.11. The number of aliphatic hydroxyl groups is 1. The molecule has 124 valence electrons. The van der Waals surface area contributed by atoms with E-state index in [0.717, 1.165) is 37.9 Å². The normalized spacial score (nSPS) is 22.4.